The number of hydrogen-bond donors (Lipinski definition) is 7. The molecule has 0 radical (unpaired) electrons. The van der Waals surface area contributed by atoms with Gasteiger partial charge < -0.3 is 30.5 Å². The quantitative estimate of drug-likeness (QED) is 0.238. The molecule has 0 unspecified atom stereocenters. The van der Waals surface area contributed by atoms with Gasteiger partial charge >= 0.3 is 6.03 Å². The number of nitrogens with two attached hydrogens (primary N) is 1. The van der Waals surface area contributed by atoms with Crippen molar-refractivity contribution in [2.75, 3.05) is 6.61 Å². The molecule has 0 aromatic heterocycles. The number of rotatable bonds is 1. The lowest BCUT2D eigenvalue weighted by molar-refractivity contribution is -0.132. The number of aliphatic hydroxyl groups excluding tert-OH is 4. The lowest BCUT2D eigenvalue weighted by Crippen LogP contribution is -2.50. The van der Waals surface area contributed by atoms with Gasteiger partial charge in [-0.15, -0.1) is 0 Å². The van der Waals surface area contributed by atoms with E-state index in [1.165, 1.54) is 12.4 Å². The van der Waals surface area contributed by atoms with Crippen LogP contribution in [0, 0.1) is 0 Å². The molecular weight excluding hydrogens is 248 g/mol. The van der Waals surface area contributed by atoms with Crippen LogP contribution >= 0.6 is 0 Å². The molecule has 104 valence electrons. The van der Waals surface area contributed by atoms with Crippen molar-refractivity contribution in [3.05, 3.63) is 12.4 Å². The molecule has 0 aliphatic carbocycles. The highest BCUT2D eigenvalue weighted by atomic mass is 16.6. The van der Waals surface area contributed by atoms with E-state index in [1.54, 1.807) is 0 Å². The SMILES string of the molecule is NN1C=CNC(=O)N1.OC[C@H]1O[C@H](O)[C@@H](O)[C@@H]1O. The smallest absolute Gasteiger partial charge is 0.338 e. The summed E-state index contributed by atoms with van der Waals surface area (Å²) in [6.07, 6.45) is -1.82. The molecule has 8 N–H and O–H groups in total. The van der Waals surface area contributed by atoms with Gasteiger partial charge in [0.25, 0.3) is 0 Å². The molecule has 2 aliphatic rings. The van der Waals surface area contributed by atoms with Crippen molar-refractivity contribution in [2.24, 2.45) is 5.84 Å². The second kappa shape index (κ2) is 6.49. The zero-order valence-electron chi connectivity index (χ0n) is 9.30. The summed E-state index contributed by atoms with van der Waals surface area (Å²) in [6.45, 7) is -0.407. The zero-order chi connectivity index (χ0) is 13.7. The van der Waals surface area contributed by atoms with E-state index in [1.807, 2.05) is 0 Å². The summed E-state index contributed by atoms with van der Waals surface area (Å²) in [5, 5.41) is 38.4. The normalized spacial score (nSPS) is 34.5. The van der Waals surface area contributed by atoms with Crippen LogP contribution in [0.15, 0.2) is 12.4 Å². The highest BCUT2D eigenvalue weighted by Crippen LogP contribution is 2.18. The molecular formula is C8H16N4O6. The average Bonchev–Trinajstić information content (AvgIpc) is 2.57. The molecule has 0 aromatic rings. The Hall–Kier alpha value is -1.43. The van der Waals surface area contributed by atoms with Crippen LogP contribution in [-0.2, 0) is 4.74 Å². The van der Waals surface area contributed by atoms with Gasteiger partial charge in [-0.2, -0.15) is 0 Å². The van der Waals surface area contributed by atoms with Crippen molar-refractivity contribution in [1.29, 1.82) is 0 Å². The molecule has 10 heteroatoms. The van der Waals surface area contributed by atoms with Gasteiger partial charge in [-0.3, -0.25) is 0 Å². The fourth-order valence-electron chi connectivity index (χ4n) is 1.26. The molecule has 0 spiro atoms. The lowest BCUT2D eigenvalue weighted by Gasteiger charge is -2.17. The largest absolute Gasteiger partial charge is 0.394 e. The van der Waals surface area contributed by atoms with Crippen LogP contribution in [0.2, 0.25) is 0 Å². The number of ether oxygens (including phenoxy) is 1. The first-order valence-electron chi connectivity index (χ1n) is 5.04. The van der Waals surface area contributed by atoms with Gasteiger partial charge in [0.1, 0.15) is 18.3 Å². The Labute approximate surface area is 102 Å². The van der Waals surface area contributed by atoms with Crippen LogP contribution in [-0.4, -0.2) is 62.8 Å². The molecule has 10 nitrogen and oxygen atoms in total. The molecule has 2 heterocycles. The van der Waals surface area contributed by atoms with Gasteiger partial charge in [0.15, 0.2) is 6.29 Å². The van der Waals surface area contributed by atoms with Crippen LogP contribution in [0.3, 0.4) is 0 Å². The van der Waals surface area contributed by atoms with Crippen LogP contribution in [0.25, 0.3) is 0 Å². The second-order valence-electron chi connectivity index (χ2n) is 3.54. The van der Waals surface area contributed by atoms with Crippen molar-refractivity contribution < 1.29 is 30.0 Å². The molecule has 2 rings (SSSR count). The first-order valence-corrected chi connectivity index (χ1v) is 5.04. The monoisotopic (exact) mass is 264 g/mol. The number of hydrazine groups is 2. The van der Waals surface area contributed by atoms with Crippen LogP contribution in [0.5, 0.6) is 0 Å². The minimum Gasteiger partial charge on any atom is -0.394 e. The predicted molar refractivity (Wildman–Crippen MR) is 56.8 cm³/mol. The molecule has 1 fully saturated rings. The summed E-state index contributed by atoms with van der Waals surface area (Å²) in [5.74, 6) is 5.10. The number of aliphatic hydroxyl groups is 4. The van der Waals surface area contributed by atoms with Crippen molar-refractivity contribution in [3.8, 4) is 0 Å². The Morgan fingerprint density at radius 2 is 2.06 bits per heavy atom. The fourth-order valence-corrected chi connectivity index (χ4v) is 1.26. The van der Waals surface area contributed by atoms with Gasteiger partial charge in [-0.1, -0.05) is 0 Å². The van der Waals surface area contributed by atoms with E-state index in [4.69, 9.17) is 26.3 Å². The Bertz CT molecular complexity index is 314. The van der Waals surface area contributed by atoms with Crippen LogP contribution in [0.4, 0.5) is 4.79 Å². The Morgan fingerprint density at radius 1 is 1.39 bits per heavy atom. The Morgan fingerprint density at radius 3 is 2.33 bits per heavy atom. The van der Waals surface area contributed by atoms with E-state index < -0.39 is 31.2 Å². The van der Waals surface area contributed by atoms with Gasteiger partial charge in [-0.05, 0) is 0 Å². The van der Waals surface area contributed by atoms with Gasteiger partial charge in [0.2, 0.25) is 0 Å². The lowest BCUT2D eigenvalue weighted by atomic mass is 10.1. The Kier molecular flexibility index (Phi) is 5.27. The first kappa shape index (κ1) is 14.6. The summed E-state index contributed by atoms with van der Waals surface area (Å²) < 4.78 is 4.54. The highest BCUT2D eigenvalue weighted by molar-refractivity contribution is 5.75. The molecule has 4 atom stereocenters. The highest BCUT2D eigenvalue weighted by Gasteiger charge is 2.41. The summed E-state index contributed by atoms with van der Waals surface area (Å²) in [4.78, 5) is 10.3. The van der Waals surface area contributed by atoms with E-state index in [9.17, 15) is 4.79 Å². The van der Waals surface area contributed by atoms with E-state index >= 15 is 0 Å². The number of urea groups is 1. The third-order valence-electron chi connectivity index (χ3n) is 2.20. The second-order valence-corrected chi connectivity index (χ2v) is 3.54. The number of hydrogen-bond acceptors (Lipinski definition) is 8. The predicted octanol–water partition coefficient (Wildman–Crippen LogP) is -3.72. The molecule has 2 aliphatic heterocycles. The average molecular weight is 264 g/mol. The van der Waals surface area contributed by atoms with Crippen molar-refractivity contribution >= 4 is 6.03 Å². The fraction of sp³-hybridized carbons (Fsp3) is 0.625. The summed E-state index contributed by atoms with van der Waals surface area (Å²) >= 11 is 0. The minimum absolute atomic E-state index is 0.324. The molecule has 0 aromatic carbocycles. The third-order valence-corrected chi connectivity index (χ3v) is 2.20. The van der Waals surface area contributed by atoms with E-state index in [0.717, 1.165) is 5.12 Å². The van der Waals surface area contributed by atoms with Gasteiger partial charge in [-0.25, -0.2) is 21.2 Å². The standard InChI is InChI=1S/C5H10O5.C3H6N4O/c6-1-2-3(7)4(8)5(9)10-2;4-7-2-1-5-3(8)6-7/h2-9H,1H2;1-2H,4H2,(H2,5,6,8)/t2-,3-,4+,5+;/m1./s1. The van der Waals surface area contributed by atoms with Gasteiger partial charge in [0.05, 0.1) is 12.8 Å². The number of nitrogens with one attached hydrogen (secondary N) is 2. The van der Waals surface area contributed by atoms with E-state index in [-0.39, 0.29) is 6.03 Å². The maximum absolute atomic E-state index is 10.3. The van der Waals surface area contributed by atoms with Crippen LogP contribution < -0.4 is 16.6 Å². The summed E-state index contributed by atoms with van der Waals surface area (Å²) in [5.41, 5.74) is 2.25. The number of nitrogens with zero attached hydrogens (tertiary/aromatic N) is 1. The molecule has 0 saturated carbocycles. The molecule has 18 heavy (non-hydrogen) atoms. The summed E-state index contributed by atoms with van der Waals surface area (Å²) in [6, 6.07) is -0.324. The topological polar surface area (TPSA) is 161 Å². The zero-order valence-corrected chi connectivity index (χ0v) is 9.30. The number of carbonyl (C=O) groups is 1. The van der Waals surface area contributed by atoms with E-state index in [0.29, 0.717) is 0 Å². The van der Waals surface area contributed by atoms with Crippen LogP contribution in [0.1, 0.15) is 0 Å². The van der Waals surface area contributed by atoms with Crippen molar-refractivity contribution in [2.45, 2.75) is 24.6 Å². The first-order chi connectivity index (χ1) is 8.45. The Balaban J connectivity index is 0.000000184. The van der Waals surface area contributed by atoms with Crippen molar-refractivity contribution in [1.82, 2.24) is 15.9 Å². The number of amides is 2. The summed E-state index contributed by atoms with van der Waals surface area (Å²) in [7, 11) is 0. The maximum Gasteiger partial charge on any atom is 0.338 e. The number of carbonyl (C=O) groups excluding carboxylic acids is 1. The molecule has 2 amide bonds. The van der Waals surface area contributed by atoms with Gasteiger partial charge in [0, 0.05) is 6.20 Å². The third kappa shape index (κ3) is 3.80. The van der Waals surface area contributed by atoms with Crippen molar-refractivity contribution in [3.63, 3.8) is 0 Å². The molecule has 0 bridgehead atoms. The van der Waals surface area contributed by atoms with E-state index in [2.05, 4.69) is 15.5 Å². The maximum atomic E-state index is 10.3. The minimum atomic E-state index is -1.38. The molecule has 1 saturated heterocycles.